The summed E-state index contributed by atoms with van der Waals surface area (Å²) in [5.74, 6) is 0.158. The molecule has 3 aromatic carbocycles. The molecule has 0 fully saturated rings. The second-order valence-corrected chi connectivity index (χ2v) is 6.66. The van der Waals surface area contributed by atoms with Gasteiger partial charge in [-0.1, -0.05) is 60.7 Å². The zero-order valence-electron chi connectivity index (χ0n) is 16.5. The van der Waals surface area contributed by atoms with Crippen molar-refractivity contribution in [2.75, 3.05) is 13.7 Å². The number of methoxy groups -OCH3 is 1. The number of carbonyl (C=O) groups excluding carboxylic acids is 2. The SMILES string of the molecule is COc1ccccc1[C@@H](C)NC(=O)CNC(=O)c1ccc(-c2ccccc2)cc1. The molecule has 2 amide bonds. The maximum atomic E-state index is 12.3. The highest BCUT2D eigenvalue weighted by Crippen LogP contribution is 2.24. The van der Waals surface area contributed by atoms with Crippen LogP contribution in [-0.4, -0.2) is 25.5 Å². The van der Waals surface area contributed by atoms with E-state index < -0.39 is 0 Å². The summed E-state index contributed by atoms with van der Waals surface area (Å²) in [5, 5.41) is 5.54. The van der Waals surface area contributed by atoms with Gasteiger partial charge in [-0.25, -0.2) is 0 Å². The maximum Gasteiger partial charge on any atom is 0.251 e. The van der Waals surface area contributed by atoms with Crippen LogP contribution in [0.3, 0.4) is 0 Å². The second-order valence-electron chi connectivity index (χ2n) is 6.66. The lowest BCUT2D eigenvalue weighted by Crippen LogP contribution is -2.38. The van der Waals surface area contributed by atoms with Crippen LogP contribution in [0.15, 0.2) is 78.9 Å². The molecule has 29 heavy (non-hydrogen) atoms. The summed E-state index contributed by atoms with van der Waals surface area (Å²) in [6, 6.07) is 24.5. The fraction of sp³-hybridized carbons (Fsp3) is 0.167. The van der Waals surface area contributed by atoms with E-state index in [0.717, 1.165) is 16.7 Å². The Morgan fingerprint density at radius 2 is 1.48 bits per heavy atom. The summed E-state index contributed by atoms with van der Waals surface area (Å²) in [6.07, 6.45) is 0. The predicted octanol–water partition coefficient (Wildman–Crippen LogP) is 3.97. The smallest absolute Gasteiger partial charge is 0.251 e. The molecule has 0 saturated heterocycles. The van der Waals surface area contributed by atoms with Gasteiger partial charge in [0, 0.05) is 11.1 Å². The second kappa shape index (κ2) is 9.55. The molecular formula is C24H24N2O3. The van der Waals surface area contributed by atoms with E-state index >= 15 is 0 Å². The van der Waals surface area contributed by atoms with Crippen molar-refractivity contribution in [1.29, 1.82) is 0 Å². The fourth-order valence-electron chi connectivity index (χ4n) is 3.10. The first-order chi connectivity index (χ1) is 14.1. The number of nitrogens with one attached hydrogen (secondary N) is 2. The lowest BCUT2D eigenvalue weighted by molar-refractivity contribution is -0.120. The third-order valence-electron chi connectivity index (χ3n) is 4.65. The average Bonchev–Trinajstić information content (AvgIpc) is 2.78. The van der Waals surface area contributed by atoms with E-state index in [0.29, 0.717) is 11.3 Å². The number of carbonyl (C=O) groups is 2. The monoisotopic (exact) mass is 388 g/mol. The topological polar surface area (TPSA) is 67.4 Å². The molecule has 0 spiro atoms. The first-order valence-corrected chi connectivity index (χ1v) is 9.44. The Morgan fingerprint density at radius 3 is 2.17 bits per heavy atom. The molecule has 148 valence electrons. The van der Waals surface area contributed by atoms with Crippen LogP contribution in [0.2, 0.25) is 0 Å². The molecule has 5 heteroatoms. The van der Waals surface area contributed by atoms with Crippen LogP contribution < -0.4 is 15.4 Å². The van der Waals surface area contributed by atoms with Gasteiger partial charge in [-0.3, -0.25) is 9.59 Å². The fourth-order valence-corrected chi connectivity index (χ4v) is 3.10. The van der Waals surface area contributed by atoms with Gasteiger partial charge in [0.15, 0.2) is 0 Å². The Morgan fingerprint density at radius 1 is 0.862 bits per heavy atom. The van der Waals surface area contributed by atoms with Gasteiger partial charge in [-0.05, 0) is 36.2 Å². The van der Waals surface area contributed by atoms with Crippen molar-refractivity contribution < 1.29 is 14.3 Å². The molecule has 5 nitrogen and oxygen atoms in total. The highest BCUT2D eigenvalue weighted by Gasteiger charge is 2.14. The normalized spacial score (nSPS) is 11.4. The van der Waals surface area contributed by atoms with E-state index in [1.165, 1.54) is 0 Å². The molecule has 0 aromatic heterocycles. The minimum absolute atomic E-state index is 0.0985. The summed E-state index contributed by atoms with van der Waals surface area (Å²) >= 11 is 0. The molecule has 0 aliphatic heterocycles. The number of rotatable bonds is 7. The van der Waals surface area contributed by atoms with Gasteiger partial charge < -0.3 is 15.4 Å². The van der Waals surface area contributed by atoms with Gasteiger partial charge in [-0.15, -0.1) is 0 Å². The molecule has 0 bridgehead atoms. The largest absolute Gasteiger partial charge is 0.496 e. The number of hydrogen-bond acceptors (Lipinski definition) is 3. The minimum atomic E-state index is -0.287. The Hall–Kier alpha value is -3.60. The Kier molecular flexibility index (Phi) is 6.63. The molecule has 2 N–H and O–H groups in total. The van der Waals surface area contributed by atoms with E-state index in [-0.39, 0.29) is 24.4 Å². The lowest BCUT2D eigenvalue weighted by Gasteiger charge is -2.17. The van der Waals surface area contributed by atoms with Crippen molar-refractivity contribution in [3.63, 3.8) is 0 Å². The number of benzene rings is 3. The first-order valence-electron chi connectivity index (χ1n) is 9.44. The minimum Gasteiger partial charge on any atom is -0.496 e. The Labute approximate surface area is 170 Å². The van der Waals surface area contributed by atoms with Crippen molar-refractivity contribution in [2.45, 2.75) is 13.0 Å². The van der Waals surface area contributed by atoms with Crippen LogP contribution >= 0.6 is 0 Å². The van der Waals surface area contributed by atoms with Gasteiger partial charge in [0.2, 0.25) is 5.91 Å². The highest BCUT2D eigenvalue weighted by molar-refractivity contribution is 5.96. The third-order valence-corrected chi connectivity index (χ3v) is 4.65. The van der Waals surface area contributed by atoms with Crippen LogP contribution in [0.5, 0.6) is 5.75 Å². The van der Waals surface area contributed by atoms with E-state index in [4.69, 9.17) is 4.74 Å². The van der Waals surface area contributed by atoms with Crippen molar-refractivity contribution in [2.24, 2.45) is 0 Å². The van der Waals surface area contributed by atoms with Crippen LogP contribution in [-0.2, 0) is 4.79 Å². The van der Waals surface area contributed by atoms with Crippen LogP contribution in [0, 0.1) is 0 Å². The molecule has 0 heterocycles. The molecular weight excluding hydrogens is 364 g/mol. The molecule has 0 saturated carbocycles. The van der Waals surface area contributed by atoms with E-state index in [1.807, 2.05) is 73.7 Å². The number of para-hydroxylation sites is 1. The summed E-state index contributed by atoms with van der Waals surface area (Å²) in [7, 11) is 1.59. The van der Waals surface area contributed by atoms with Crippen molar-refractivity contribution in [3.05, 3.63) is 90.0 Å². The van der Waals surface area contributed by atoms with Gasteiger partial charge in [0.05, 0.1) is 19.7 Å². The molecule has 0 radical (unpaired) electrons. The number of hydrogen-bond donors (Lipinski definition) is 2. The quantitative estimate of drug-likeness (QED) is 0.644. The van der Waals surface area contributed by atoms with E-state index in [1.54, 1.807) is 19.2 Å². The summed E-state index contributed by atoms with van der Waals surface area (Å²) in [5.41, 5.74) is 3.51. The van der Waals surface area contributed by atoms with Crippen LogP contribution in [0.25, 0.3) is 11.1 Å². The zero-order valence-corrected chi connectivity index (χ0v) is 16.5. The van der Waals surface area contributed by atoms with E-state index in [2.05, 4.69) is 10.6 Å². The van der Waals surface area contributed by atoms with Crippen molar-refractivity contribution >= 4 is 11.8 Å². The Bertz CT molecular complexity index is 969. The molecule has 0 aliphatic carbocycles. The molecule has 1 atom stereocenters. The lowest BCUT2D eigenvalue weighted by atomic mass is 10.0. The zero-order chi connectivity index (χ0) is 20.6. The average molecular weight is 388 g/mol. The van der Waals surface area contributed by atoms with Crippen LogP contribution in [0.1, 0.15) is 28.9 Å². The molecule has 0 aliphatic rings. The third kappa shape index (κ3) is 5.23. The molecule has 3 aromatic rings. The van der Waals surface area contributed by atoms with Crippen molar-refractivity contribution in [3.8, 4) is 16.9 Å². The standard InChI is InChI=1S/C24H24N2O3/c1-17(21-10-6-7-11-22(21)29-2)26-23(27)16-25-24(28)20-14-12-19(13-15-20)18-8-4-3-5-9-18/h3-15,17H,16H2,1-2H3,(H,25,28)(H,26,27)/t17-/m1/s1. The Balaban J connectivity index is 1.54. The molecule has 0 unspecified atom stereocenters. The maximum absolute atomic E-state index is 12.3. The summed E-state index contributed by atoms with van der Waals surface area (Å²) in [6.45, 7) is 1.78. The van der Waals surface area contributed by atoms with Crippen LogP contribution in [0.4, 0.5) is 0 Å². The van der Waals surface area contributed by atoms with Gasteiger partial charge in [0.25, 0.3) is 5.91 Å². The summed E-state index contributed by atoms with van der Waals surface area (Å²) < 4.78 is 5.32. The van der Waals surface area contributed by atoms with Crippen molar-refractivity contribution in [1.82, 2.24) is 10.6 Å². The first kappa shape index (κ1) is 20.1. The number of ether oxygens (including phenoxy) is 1. The van der Waals surface area contributed by atoms with E-state index in [9.17, 15) is 9.59 Å². The predicted molar refractivity (Wildman–Crippen MR) is 114 cm³/mol. The van der Waals surface area contributed by atoms with Gasteiger partial charge in [-0.2, -0.15) is 0 Å². The van der Waals surface area contributed by atoms with Gasteiger partial charge >= 0.3 is 0 Å². The van der Waals surface area contributed by atoms with Gasteiger partial charge in [0.1, 0.15) is 5.75 Å². The highest BCUT2D eigenvalue weighted by atomic mass is 16.5. The molecule has 3 rings (SSSR count). The summed E-state index contributed by atoms with van der Waals surface area (Å²) in [4.78, 5) is 24.6. The number of amides is 2.